The molecule has 1 N–H and O–H groups in total. The summed E-state index contributed by atoms with van der Waals surface area (Å²) in [5.41, 5.74) is 2.21. The van der Waals surface area contributed by atoms with E-state index in [0.29, 0.717) is 6.61 Å². The highest BCUT2D eigenvalue weighted by Gasteiger charge is 2.11. The second-order valence-corrected chi connectivity index (χ2v) is 5.35. The van der Waals surface area contributed by atoms with E-state index in [1.165, 1.54) is 0 Å². The number of hydrogen-bond donors (Lipinski definition) is 1. The number of anilines is 2. The predicted octanol–water partition coefficient (Wildman–Crippen LogP) is 3.91. The maximum atomic E-state index is 5.19. The summed E-state index contributed by atoms with van der Waals surface area (Å²) in [6.07, 6.45) is 3.75. The fourth-order valence-corrected chi connectivity index (χ4v) is 2.32. The van der Waals surface area contributed by atoms with E-state index in [1.807, 2.05) is 24.4 Å². The Hall–Kier alpha value is -1.33. The summed E-state index contributed by atoms with van der Waals surface area (Å²) in [7, 11) is 1.71. The molecule has 0 aliphatic rings. The molecule has 1 atom stereocenters. The lowest BCUT2D eigenvalue weighted by Gasteiger charge is -2.17. The molecule has 1 aromatic heterocycles. The van der Waals surface area contributed by atoms with Crippen LogP contribution in [0.15, 0.2) is 35.1 Å². The van der Waals surface area contributed by atoms with Crippen LogP contribution in [0.25, 0.3) is 0 Å². The molecule has 4 nitrogen and oxygen atoms in total. The van der Waals surface area contributed by atoms with Crippen molar-refractivity contribution < 1.29 is 4.74 Å². The molecule has 19 heavy (non-hydrogen) atoms. The Bertz CT molecular complexity index is 553. The van der Waals surface area contributed by atoms with Crippen LogP contribution in [0.1, 0.15) is 18.5 Å². The molecule has 5 heteroatoms. The van der Waals surface area contributed by atoms with Crippen molar-refractivity contribution in [2.24, 2.45) is 0 Å². The van der Waals surface area contributed by atoms with Crippen LogP contribution in [0, 0.1) is 6.92 Å². The van der Waals surface area contributed by atoms with Crippen molar-refractivity contribution in [3.8, 4) is 0 Å². The molecule has 0 saturated heterocycles. The molecule has 0 saturated carbocycles. The number of methoxy groups -OCH3 is 1. The zero-order chi connectivity index (χ0) is 13.8. The van der Waals surface area contributed by atoms with Gasteiger partial charge in [-0.1, -0.05) is 22.0 Å². The summed E-state index contributed by atoms with van der Waals surface area (Å²) >= 11 is 3.54. The lowest BCUT2D eigenvalue weighted by molar-refractivity contribution is 0.163. The average Bonchev–Trinajstić information content (AvgIpc) is 2.83. The summed E-state index contributed by atoms with van der Waals surface area (Å²) in [6, 6.07) is 6.31. The maximum Gasteiger partial charge on any atom is 0.207 e. The molecule has 2 rings (SSSR count). The van der Waals surface area contributed by atoms with Gasteiger partial charge in [0.2, 0.25) is 5.95 Å². The van der Waals surface area contributed by atoms with Crippen LogP contribution in [0.4, 0.5) is 11.6 Å². The van der Waals surface area contributed by atoms with Crippen molar-refractivity contribution in [3.05, 3.63) is 40.6 Å². The zero-order valence-electron chi connectivity index (χ0n) is 11.4. The first-order valence-electron chi connectivity index (χ1n) is 6.17. The van der Waals surface area contributed by atoms with Gasteiger partial charge in [0.25, 0.3) is 0 Å². The van der Waals surface area contributed by atoms with Gasteiger partial charge in [-0.05, 0) is 31.5 Å². The van der Waals surface area contributed by atoms with Crippen LogP contribution >= 0.6 is 15.9 Å². The average molecular weight is 324 g/mol. The van der Waals surface area contributed by atoms with Gasteiger partial charge < -0.3 is 14.6 Å². The molecule has 0 radical (unpaired) electrons. The highest BCUT2D eigenvalue weighted by molar-refractivity contribution is 9.10. The highest BCUT2D eigenvalue weighted by Crippen LogP contribution is 2.26. The maximum absolute atomic E-state index is 5.19. The number of imidazole rings is 1. The number of hydrogen-bond acceptors (Lipinski definition) is 3. The molecule has 0 bridgehead atoms. The van der Waals surface area contributed by atoms with Crippen molar-refractivity contribution in [3.63, 3.8) is 0 Å². The van der Waals surface area contributed by atoms with Gasteiger partial charge in [-0.25, -0.2) is 4.98 Å². The quantitative estimate of drug-likeness (QED) is 0.906. The Kier molecular flexibility index (Phi) is 4.61. The van der Waals surface area contributed by atoms with Crippen LogP contribution in [-0.4, -0.2) is 23.3 Å². The number of aromatic nitrogens is 2. The third-order valence-electron chi connectivity index (χ3n) is 3.07. The second kappa shape index (κ2) is 6.21. The third-order valence-corrected chi connectivity index (χ3v) is 3.92. The zero-order valence-corrected chi connectivity index (χ0v) is 12.9. The number of rotatable bonds is 5. The van der Waals surface area contributed by atoms with Gasteiger partial charge in [-0.15, -0.1) is 0 Å². The van der Waals surface area contributed by atoms with Crippen LogP contribution in [0.3, 0.4) is 0 Å². The van der Waals surface area contributed by atoms with Gasteiger partial charge in [-0.3, -0.25) is 0 Å². The van der Waals surface area contributed by atoms with Crippen molar-refractivity contribution in [2.45, 2.75) is 19.9 Å². The molecule has 1 unspecified atom stereocenters. The highest BCUT2D eigenvalue weighted by atomic mass is 79.9. The molecule has 1 heterocycles. The Morgan fingerprint density at radius 2 is 2.26 bits per heavy atom. The second-order valence-electron chi connectivity index (χ2n) is 4.50. The van der Waals surface area contributed by atoms with Crippen LogP contribution in [0.2, 0.25) is 0 Å². The van der Waals surface area contributed by atoms with E-state index >= 15 is 0 Å². The molecule has 0 amide bonds. The van der Waals surface area contributed by atoms with Crippen LogP contribution < -0.4 is 5.32 Å². The van der Waals surface area contributed by atoms with Gasteiger partial charge in [0.05, 0.1) is 12.6 Å². The fraction of sp³-hybridized carbons (Fsp3) is 0.357. The first-order chi connectivity index (χ1) is 9.13. The molecule has 0 aliphatic carbocycles. The van der Waals surface area contributed by atoms with E-state index in [4.69, 9.17) is 4.74 Å². The molecule has 2 aromatic rings. The van der Waals surface area contributed by atoms with Gasteiger partial charge >= 0.3 is 0 Å². The number of nitrogens with one attached hydrogen (secondary N) is 1. The SMILES string of the molecule is COCC(C)n1ccnc1Nc1cccc(Br)c1C. The van der Waals surface area contributed by atoms with E-state index in [2.05, 4.69) is 44.6 Å². The monoisotopic (exact) mass is 323 g/mol. The van der Waals surface area contributed by atoms with E-state index in [-0.39, 0.29) is 6.04 Å². The first-order valence-corrected chi connectivity index (χ1v) is 6.96. The Morgan fingerprint density at radius 1 is 1.47 bits per heavy atom. The molecule has 1 aromatic carbocycles. The van der Waals surface area contributed by atoms with Crippen LogP contribution in [0.5, 0.6) is 0 Å². The van der Waals surface area contributed by atoms with E-state index in [1.54, 1.807) is 13.3 Å². The van der Waals surface area contributed by atoms with Crippen LogP contribution in [-0.2, 0) is 4.74 Å². The number of nitrogens with zero attached hydrogens (tertiary/aromatic N) is 2. The Morgan fingerprint density at radius 3 is 3.00 bits per heavy atom. The molecular weight excluding hydrogens is 306 g/mol. The minimum atomic E-state index is 0.238. The first kappa shape index (κ1) is 14.1. The van der Waals surface area contributed by atoms with Gasteiger partial charge in [-0.2, -0.15) is 0 Å². The standard InChI is InChI=1S/C14H18BrN3O/c1-10(9-19-3)18-8-7-16-14(18)17-13-6-4-5-12(15)11(13)2/h4-8,10H,9H2,1-3H3,(H,16,17). The molecule has 0 aliphatic heterocycles. The molecular formula is C14H18BrN3O. The summed E-state index contributed by atoms with van der Waals surface area (Å²) in [6.45, 7) is 4.82. The lowest BCUT2D eigenvalue weighted by Crippen LogP contribution is -2.13. The van der Waals surface area contributed by atoms with Crippen molar-refractivity contribution in [1.82, 2.24) is 9.55 Å². The van der Waals surface area contributed by atoms with Gasteiger partial charge in [0.1, 0.15) is 0 Å². The molecule has 102 valence electrons. The third kappa shape index (κ3) is 3.16. The van der Waals surface area contributed by atoms with Gasteiger partial charge in [0.15, 0.2) is 0 Å². The predicted molar refractivity (Wildman–Crippen MR) is 81.0 cm³/mol. The number of benzene rings is 1. The summed E-state index contributed by atoms with van der Waals surface area (Å²) in [5.74, 6) is 0.825. The largest absolute Gasteiger partial charge is 0.383 e. The topological polar surface area (TPSA) is 39.1 Å². The minimum absolute atomic E-state index is 0.238. The molecule has 0 spiro atoms. The Labute approximate surface area is 121 Å². The van der Waals surface area contributed by atoms with Crippen molar-refractivity contribution >= 4 is 27.6 Å². The van der Waals surface area contributed by atoms with E-state index in [0.717, 1.165) is 21.7 Å². The minimum Gasteiger partial charge on any atom is -0.383 e. The van der Waals surface area contributed by atoms with Gasteiger partial charge in [0, 0.05) is 29.7 Å². The number of halogens is 1. The number of ether oxygens (including phenoxy) is 1. The summed E-state index contributed by atoms with van der Waals surface area (Å²) in [5, 5.41) is 3.37. The fourth-order valence-electron chi connectivity index (χ4n) is 1.95. The summed E-state index contributed by atoms with van der Waals surface area (Å²) in [4.78, 5) is 4.37. The van der Waals surface area contributed by atoms with E-state index in [9.17, 15) is 0 Å². The van der Waals surface area contributed by atoms with Crippen molar-refractivity contribution in [1.29, 1.82) is 0 Å². The smallest absolute Gasteiger partial charge is 0.207 e. The summed E-state index contributed by atoms with van der Waals surface area (Å²) < 4.78 is 8.35. The van der Waals surface area contributed by atoms with E-state index < -0.39 is 0 Å². The Balaban J connectivity index is 2.24. The lowest BCUT2D eigenvalue weighted by atomic mass is 10.2. The molecule has 0 fully saturated rings. The van der Waals surface area contributed by atoms with Crippen molar-refractivity contribution in [2.75, 3.05) is 19.0 Å². The normalized spacial score (nSPS) is 12.4.